The predicted molar refractivity (Wildman–Crippen MR) is 41.9 cm³/mol. The van der Waals surface area contributed by atoms with Crippen LogP contribution in [-0.2, 0) is 4.84 Å². The number of nitrogens with two attached hydrogens (primary N) is 1. The van der Waals surface area contributed by atoms with E-state index >= 15 is 0 Å². The molecular formula is CH4I2N2OU. The first kappa shape index (κ1) is 9.39. The summed E-state index contributed by atoms with van der Waals surface area (Å²) in [6.07, 6.45) is 0. The van der Waals surface area contributed by atoms with E-state index in [1.807, 2.05) is 0 Å². The molecule has 0 aromatic rings. The van der Waals surface area contributed by atoms with Gasteiger partial charge in [0, 0.05) is 0 Å². The number of rotatable bonds is 1. The molecule has 0 rings (SSSR count). The fraction of sp³-hybridized carbons (Fsp3) is 0. The summed E-state index contributed by atoms with van der Waals surface area (Å²) in [4.78, 5) is 3.82. The normalized spacial score (nSPS) is 9.71. The molecule has 0 amide bonds. The van der Waals surface area contributed by atoms with Gasteiger partial charge >= 0.3 is 31.1 Å². The van der Waals surface area contributed by atoms with E-state index < -0.39 is 0 Å². The maximum Gasteiger partial charge on any atom is 2.00 e. The standard InChI is InChI=1S/CH3INO.HIN.U/c2-1-4-3;1-2;/h1H,3H2;2H;/q2*-1;+2/i1T;;/hD. The van der Waals surface area contributed by atoms with Crippen LogP contribution >= 0.6 is 45.5 Å². The third kappa shape index (κ3) is 29.8. The summed E-state index contributed by atoms with van der Waals surface area (Å²) in [5, 5.41) is 0. The van der Waals surface area contributed by atoms with Gasteiger partial charge in [0.25, 0.3) is 0 Å². The van der Waals surface area contributed by atoms with Crippen LogP contribution in [0.25, 0.3) is 3.94 Å². The molecule has 6 heteroatoms. The first-order valence-electron chi connectivity index (χ1n) is 1.75. The van der Waals surface area contributed by atoms with Gasteiger partial charge in [-0.2, -0.15) is 1.37 Å². The molecule has 0 saturated carbocycles. The second-order valence-corrected chi connectivity index (χ2v) is 0.635. The second kappa shape index (κ2) is 23.8. The van der Waals surface area contributed by atoms with Crippen LogP contribution in [0.2, 0.25) is 1.41 Å². The quantitative estimate of drug-likeness (QED) is 0.305. The van der Waals surface area contributed by atoms with Crippen molar-refractivity contribution in [2.24, 2.45) is 5.90 Å². The van der Waals surface area contributed by atoms with Crippen LogP contribution in [0.3, 0.4) is 0 Å². The first-order chi connectivity index (χ1) is 3.68. The van der Waals surface area contributed by atoms with Gasteiger partial charge in [-0.05, 0) is 0 Å². The van der Waals surface area contributed by atoms with Gasteiger partial charge in [-0.25, -0.2) is 22.9 Å². The van der Waals surface area contributed by atoms with Gasteiger partial charge in [-0.15, -0.1) is 6.00 Å². The van der Waals surface area contributed by atoms with E-state index in [0.717, 1.165) is 0 Å². The molecule has 0 aliphatic heterocycles. The molecule has 0 aromatic heterocycles. The fourth-order valence-corrected chi connectivity index (χ4v) is 0. The smallest absolute Gasteiger partial charge is 0.616 e. The molecule has 0 fully saturated rings. The molecule has 3 nitrogen and oxygen atoms in total. The molecule has 7 heavy (non-hydrogen) atoms. The molecule has 0 atom stereocenters. The number of hydrogen-bond donors (Lipinski definition) is 1. The molecule has 0 saturated heterocycles. The Morgan fingerprint density at radius 3 is 2.43 bits per heavy atom. The van der Waals surface area contributed by atoms with E-state index in [-0.39, 0.29) is 35.7 Å². The van der Waals surface area contributed by atoms with Crippen molar-refractivity contribution < 1.29 is 38.7 Å². The molecule has 0 aromatic carbocycles. The van der Waals surface area contributed by atoms with Crippen molar-refractivity contribution in [2.75, 3.05) is 0 Å². The molecule has 3 N–H and O–H groups in total. The Hall–Kier alpha value is 2.39. The van der Waals surface area contributed by atoms with E-state index in [1.165, 1.54) is 0 Å². The van der Waals surface area contributed by atoms with Crippen molar-refractivity contribution in [3.05, 3.63) is 8.53 Å². The summed E-state index contributed by atoms with van der Waals surface area (Å²) in [5.74, 6) is 4.44. The minimum atomic E-state index is 0. The summed E-state index contributed by atoms with van der Waals surface area (Å²) in [7, 11) is 0. The minimum Gasteiger partial charge on any atom is -0.616 e. The minimum absolute atomic E-state index is 0. The Bertz CT molecular complexity index is 43.7. The maximum absolute atomic E-state index is 6.38. The molecular weight excluding hydrogens is 548 g/mol. The van der Waals surface area contributed by atoms with E-state index in [4.69, 9.17) is 2.78 Å². The van der Waals surface area contributed by atoms with Gasteiger partial charge in [-0.1, -0.05) is 0 Å². The zero-order valence-electron chi connectivity index (χ0n) is 5.19. The van der Waals surface area contributed by atoms with Gasteiger partial charge in [0.05, 0.1) is 0 Å². The average Bonchev–Trinajstić information content (AvgIpc) is 1.69. The zero-order chi connectivity index (χ0) is 6.99. The molecule has 42 valence electrons. The zero-order valence-corrected chi connectivity index (χ0v) is 11.7. The molecule has 0 heterocycles. The van der Waals surface area contributed by atoms with Gasteiger partial charge in [0.15, 0.2) is 0 Å². The summed E-state index contributed by atoms with van der Waals surface area (Å²) >= 11 is 3.22. The Labute approximate surface area is 97.1 Å². The molecule has 0 radical (unpaired) electrons. The van der Waals surface area contributed by atoms with Crippen molar-refractivity contribution in [3.8, 4) is 0 Å². The second-order valence-electron chi connectivity index (χ2n) is 0.195. The van der Waals surface area contributed by atoms with Crippen LogP contribution in [0.5, 0.6) is 0 Å². The van der Waals surface area contributed by atoms with Gasteiger partial charge in [0.1, 0.15) is 0 Å². The summed E-state index contributed by atoms with van der Waals surface area (Å²) in [6.45, 7) is 0. The first-order valence-corrected chi connectivity index (χ1v) is 2.84. The number of nitrogens with one attached hydrogen (secondary N) is 1. The van der Waals surface area contributed by atoms with Gasteiger partial charge < -0.3 is 8.78 Å². The van der Waals surface area contributed by atoms with Crippen molar-refractivity contribution in [3.63, 3.8) is 0 Å². The summed E-state index contributed by atoms with van der Waals surface area (Å²) in [6, 6.07) is 0. The predicted octanol–water partition coefficient (Wildman–Crippen LogP) is 1.82. The van der Waals surface area contributed by atoms with Crippen LogP contribution in [-0.4, -0.2) is 0 Å². The van der Waals surface area contributed by atoms with Crippen molar-refractivity contribution in [1.29, 1.82) is 0 Å². The van der Waals surface area contributed by atoms with E-state index in [2.05, 4.69) is 14.7 Å². The Morgan fingerprint density at radius 2 is 2.43 bits per heavy atom. The Balaban J connectivity index is -0.0000000800. The van der Waals surface area contributed by atoms with E-state index in [0.29, 0.717) is 0 Å². The SMILES string of the molecule is [2H][N-]I.[3H][C-](I)ON.[U+2]. The van der Waals surface area contributed by atoms with Crippen molar-refractivity contribution in [2.45, 2.75) is 0 Å². The van der Waals surface area contributed by atoms with E-state index in [9.17, 15) is 0 Å². The van der Waals surface area contributed by atoms with Crippen LogP contribution in [0, 0.1) is 35.7 Å². The summed E-state index contributed by atoms with van der Waals surface area (Å²) in [5.41, 5.74) is 0. The maximum atomic E-state index is 6.38. The Morgan fingerprint density at radius 1 is 2.29 bits per heavy atom. The Kier molecular flexibility index (Phi) is 31.9. The summed E-state index contributed by atoms with van der Waals surface area (Å²) < 4.78 is 14.9. The largest absolute Gasteiger partial charge is 2.00 e. The molecule has 0 unspecified atom stereocenters. The number of hydrogen-bond acceptors (Lipinski definition) is 2. The topological polar surface area (TPSA) is 59.0 Å². The monoisotopic (exact) mass is 555 g/mol. The average molecular weight is 555 g/mol. The van der Waals surface area contributed by atoms with Crippen LogP contribution in [0.4, 0.5) is 0 Å². The third-order valence-electron chi connectivity index (χ3n) is 0.0445. The molecule has 0 aliphatic carbocycles. The van der Waals surface area contributed by atoms with Crippen LogP contribution in [0.1, 0.15) is 1.37 Å². The van der Waals surface area contributed by atoms with Crippen LogP contribution in [0.15, 0.2) is 0 Å². The third-order valence-corrected chi connectivity index (χ3v) is 0.299. The molecule has 0 aliphatic rings. The van der Waals surface area contributed by atoms with Crippen LogP contribution < -0.4 is 5.90 Å². The fourth-order valence-electron chi connectivity index (χ4n) is 0. The van der Waals surface area contributed by atoms with Gasteiger partial charge in [-0.3, -0.25) is 28.5 Å². The van der Waals surface area contributed by atoms with Crippen molar-refractivity contribution in [1.82, 2.24) is 0 Å². The van der Waals surface area contributed by atoms with Crippen molar-refractivity contribution >= 4 is 45.5 Å². The van der Waals surface area contributed by atoms with E-state index in [1.54, 1.807) is 45.5 Å². The number of halogens is 2. The molecule has 0 bridgehead atoms. The van der Waals surface area contributed by atoms with Gasteiger partial charge in [0.2, 0.25) is 0 Å². The molecule has 0 spiro atoms.